The molecule has 0 saturated carbocycles. The Hall–Kier alpha value is 0.650. The molecule has 27 heavy (non-hydrogen) atoms. The molecule has 0 aromatic heterocycles. The van der Waals surface area contributed by atoms with E-state index in [1.165, 1.54) is 116 Å². The summed E-state index contributed by atoms with van der Waals surface area (Å²) in [5.74, 6) is 0. The van der Waals surface area contributed by atoms with E-state index in [-0.39, 0.29) is 30.2 Å². The number of aliphatic hydroxyl groups excluding tert-OH is 1. The fourth-order valence-electron chi connectivity index (χ4n) is 4.19. The number of unbranched alkanes of at least 4 members (excludes halogenated alkanes) is 11. The van der Waals surface area contributed by atoms with Crippen LogP contribution in [0.1, 0.15) is 130 Å². The molecule has 0 aliphatic rings. The summed E-state index contributed by atoms with van der Waals surface area (Å²) in [5.41, 5.74) is 0. The predicted octanol–water partition coefficient (Wildman–Crippen LogP) is 4.45. The van der Waals surface area contributed by atoms with Gasteiger partial charge in [-0.05, 0) is 44.9 Å². The predicted molar refractivity (Wildman–Crippen MR) is 117 cm³/mol. The van der Waals surface area contributed by atoms with Crippen molar-refractivity contribution in [2.45, 2.75) is 137 Å². The monoisotopic (exact) mass is 497 g/mol. The van der Waals surface area contributed by atoms with E-state index in [2.05, 4.69) is 27.7 Å². The van der Waals surface area contributed by atoms with E-state index >= 15 is 0 Å². The summed E-state index contributed by atoms with van der Waals surface area (Å²) in [6.45, 7) is 12.7. The summed E-state index contributed by atoms with van der Waals surface area (Å²) in [5, 5.41) is 11.2. The molecular formula is C24H52INO. The number of hydrogen-bond donors (Lipinski definition) is 1. The summed E-state index contributed by atoms with van der Waals surface area (Å²) in [4.78, 5) is 0. The second-order valence-corrected chi connectivity index (χ2v) is 8.55. The fourth-order valence-corrected chi connectivity index (χ4v) is 4.19. The Morgan fingerprint density at radius 3 is 1.19 bits per heavy atom. The number of nitrogens with zero attached hydrogens (tertiary/aromatic N) is 1. The van der Waals surface area contributed by atoms with E-state index in [4.69, 9.17) is 0 Å². The molecule has 0 rings (SSSR count). The molecule has 166 valence electrons. The lowest BCUT2D eigenvalue weighted by Gasteiger charge is -2.43. The van der Waals surface area contributed by atoms with Crippen molar-refractivity contribution in [3.63, 3.8) is 0 Å². The maximum absolute atomic E-state index is 11.2. The van der Waals surface area contributed by atoms with Gasteiger partial charge in [-0.25, -0.2) is 0 Å². The molecule has 0 radical (unpaired) electrons. The molecule has 0 aromatic carbocycles. The SMILES string of the molecule is CCCCCC[N+](CCCCCC)(CCCCCC)C(O)CCCCC.[I-]. The van der Waals surface area contributed by atoms with Gasteiger partial charge in [-0.2, -0.15) is 0 Å². The van der Waals surface area contributed by atoms with Gasteiger partial charge in [0.15, 0.2) is 6.23 Å². The quantitative estimate of drug-likeness (QED) is 0.114. The van der Waals surface area contributed by atoms with Crippen molar-refractivity contribution < 1.29 is 33.6 Å². The molecule has 0 heterocycles. The topological polar surface area (TPSA) is 20.2 Å². The molecule has 1 atom stereocenters. The van der Waals surface area contributed by atoms with Crippen molar-refractivity contribution in [1.82, 2.24) is 0 Å². The highest BCUT2D eigenvalue weighted by Gasteiger charge is 2.33. The molecule has 0 amide bonds. The van der Waals surface area contributed by atoms with Crippen molar-refractivity contribution in [3.8, 4) is 0 Å². The maximum Gasteiger partial charge on any atom is 0.190 e. The summed E-state index contributed by atoms with van der Waals surface area (Å²) >= 11 is 0. The van der Waals surface area contributed by atoms with E-state index in [9.17, 15) is 5.11 Å². The van der Waals surface area contributed by atoms with Gasteiger partial charge < -0.3 is 29.1 Å². The van der Waals surface area contributed by atoms with Gasteiger partial charge in [-0.3, -0.25) is 4.48 Å². The van der Waals surface area contributed by atoms with Crippen LogP contribution in [0.25, 0.3) is 0 Å². The highest BCUT2D eigenvalue weighted by Crippen LogP contribution is 2.23. The van der Waals surface area contributed by atoms with Crippen LogP contribution in [0.2, 0.25) is 0 Å². The minimum absolute atomic E-state index is 0. The average Bonchev–Trinajstić information content (AvgIpc) is 2.65. The Morgan fingerprint density at radius 1 is 0.519 bits per heavy atom. The van der Waals surface area contributed by atoms with Crippen molar-refractivity contribution in [2.24, 2.45) is 0 Å². The van der Waals surface area contributed by atoms with Gasteiger partial charge in [-0.15, -0.1) is 0 Å². The zero-order chi connectivity index (χ0) is 19.5. The fraction of sp³-hybridized carbons (Fsp3) is 1.00. The summed E-state index contributed by atoms with van der Waals surface area (Å²) in [6, 6.07) is 0. The van der Waals surface area contributed by atoms with Crippen molar-refractivity contribution >= 4 is 0 Å². The van der Waals surface area contributed by atoms with Crippen molar-refractivity contribution in [1.29, 1.82) is 0 Å². The van der Waals surface area contributed by atoms with Crippen LogP contribution < -0.4 is 24.0 Å². The zero-order valence-corrected chi connectivity index (χ0v) is 21.4. The van der Waals surface area contributed by atoms with Gasteiger partial charge in [0.2, 0.25) is 0 Å². The molecule has 0 aromatic rings. The average molecular weight is 498 g/mol. The first kappa shape index (κ1) is 29.8. The number of rotatable bonds is 20. The molecule has 0 saturated heterocycles. The number of aliphatic hydroxyl groups is 1. The van der Waals surface area contributed by atoms with Crippen molar-refractivity contribution in [3.05, 3.63) is 0 Å². The van der Waals surface area contributed by atoms with Crippen LogP contribution in [-0.2, 0) is 0 Å². The van der Waals surface area contributed by atoms with E-state index in [1.54, 1.807) is 0 Å². The van der Waals surface area contributed by atoms with Gasteiger partial charge in [0, 0.05) is 6.42 Å². The first-order valence-electron chi connectivity index (χ1n) is 12.2. The Labute approximate surface area is 189 Å². The van der Waals surface area contributed by atoms with Crippen LogP contribution in [0, 0.1) is 0 Å². The maximum atomic E-state index is 11.2. The number of hydrogen-bond acceptors (Lipinski definition) is 1. The van der Waals surface area contributed by atoms with Crippen LogP contribution in [-0.4, -0.2) is 35.5 Å². The van der Waals surface area contributed by atoms with Gasteiger partial charge in [-0.1, -0.05) is 79.1 Å². The summed E-state index contributed by atoms with van der Waals surface area (Å²) < 4.78 is 1.00. The minimum Gasteiger partial charge on any atom is -1.00 e. The van der Waals surface area contributed by atoms with Crippen LogP contribution >= 0.6 is 0 Å². The largest absolute Gasteiger partial charge is 1.00 e. The molecule has 0 aliphatic carbocycles. The van der Waals surface area contributed by atoms with Crippen LogP contribution in [0.15, 0.2) is 0 Å². The lowest BCUT2D eigenvalue weighted by molar-refractivity contribution is -0.972. The Bertz CT molecular complexity index is 254. The van der Waals surface area contributed by atoms with Gasteiger partial charge >= 0.3 is 0 Å². The van der Waals surface area contributed by atoms with Crippen LogP contribution in [0.4, 0.5) is 0 Å². The molecule has 0 spiro atoms. The van der Waals surface area contributed by atoms with E-state index < -0.39 is 0 Å². The number of halogens is 1. The highest BCUT2D eigenvalue weighted by molar-refractivity contribution is 4.56. The summed E-state index contributed by atoms with van der Waals surface area (Å²) in [6.07, 6.45) is 20.4. The second kappa shape index (κ2) is 21.4. The third kappa shape index (κ3) is 15.2. The first-order chi connectivity index (χ1) is 12.7. The van der Waals surface area contributed by atoms with Crippen molar-refractivity contribution in [2.75, 3.05) is 19.6 Å². The molecule has 0 aliphatic heterocycles. The lowest BCUT2D eigenvalue weighted by Crippen LogP contribution is -3.00. The van der Waals surface area contributed by atoms with E-state index in [0.717, 1.165) is 10.9 Å². The molecule has 0 fully saturated rings. The Morgan fingerprint density at radius 2 is 0.852 bits per heavy atom. The lowest BCUT2D eigenvalue weighted by atomic mass is 10.1. The van der Waals surface area contributed by atoms with Gasteiger partial charge in [0.25, 0.3) is 0 Å². The minimum atomic E-state index is -0.133. The Balaban J connectivity index is 0. The molecule has 3 heteroatoms. The molecule has 0 bridgehead atoms. The third-order valence-corrected chi connectivity index (χ3v) is 6.07. The molecular weight excluding hydrogens is 445 g/mol. The van der Waals surface area contributed by atoms with Gasteiger partial charge in [0.1, 0.15) is 0 Å². The molecule has 2 nitrogen and oxygen atoms in total. The number of quaternary nitrogens is 1. The normalized spacial score (nSPS) is 12.8. The second-order valence-electron chi connectivity index (χ2n) is 8.55. The standard InChI is InChI=1S/C24H52NO.HI/c1-5-9-13-17-21-25(22-18-14-10-6-2,23-19-15-11-7-3)24(26)20-16-12-8-4;/h24,26H,5-23H2,1-4H3;1H/q+1;/p-1. The van der Waals surface area contributed by atoms with Crippen LogP contribution in [0.5, 0.6) is 0 Å². The van der Waals surface area contributed by atoms with E-state index in [1.807, 2.05) is 0 Å². The van der Waals surface area contributed by atoms with Crippen LogP contribution in [0.3, 0.4) is 0 Å². The zero-order valence-electron chi connectivity index (χ0n) is 19.3. The van der Waals surface area contributed by atoms with E-state index in [0.29, 0.717) is 0 Å². The smallest absolute Gasteiger partial charge is 0.190 e. The first-order valence-corrected chi connectivity index (χ1v) is 12.2. The third-order valence-electron chi connectivity index (χ3n) is 6.07. The Kier molecular flexibility index (Phi) is 23.6. The molecule has 1 N–H and O–H groups in total. The summed E-state index contributed by atoms with van der Waals surface area (Å²) in [7, 11) is 0. The van der Waals surface area contributed by atoms with Gasteiger partial charge in [0.05, 0.1) is 19.6 Å². The molecule has 1 unspecified atom stereocenters. The highest BCUT2D eigenvalue weighted by atomic mass is 127.